The van der Waals surface area contributed by atoms with Crippen LogP contribution in [0.5, 0.6) is 0 Å². The lowest BCUT2D eigenvalue weighted by molar-refractivity contribution is 0.332. The Morgan fingerprint density at radius 1 is 0.493 bits per heavy atom. The summed E-state index contributed by atoms with van der Waals surface area (Å²) in [7, 11) is -2.87. The monoisotopic (exact) mass is 912 g/mol. The Hall–Kier alpha value is -6.18. The first-order chi connectivity index (χ1) is 32.6. The zero-order valence-electron chi connectivity index (χ0n) is 38.5. The maximum Gasteiger partial charge on any atom is 0.333 e. The van der Waals surface area contributed by atoms with Gasteiger partial charge in [-0.3, -0.25) is 0 Å². The van der Waals surface area contributed by atoms with Crippen LogP contribution in [-0.4, -0.2) is 14.9 Å². The number of fused-ring (bicyclic) bond motifs is 11. The van der Waals surface area contributed by atoms with Gasteiger partial charge in [0.15, 0.2) is 8.07 Å². The molecule has 322 valence electrons. The number of anilines is 5. The molecular formula is C61H49BN2S2Si. The van der Waals surface area contributed by atoms with Crippen LogP contribution in [0.4, 0.5) is 28.4 Å². The number of aryl methyl sites for hydroxylation is 1. The van der Waals surface area contributed by atoms with Gasteiger partial charge in [0.25, 0.3) is 0 Å². The van der Waals surface area contributed by atoms with Crippen LogP contribution in [0.15, 0.2) is 202 Å². The van der Waals surface area contributed by atoms with E-state index in [9.17, 15) is 0 Å². The quantitative estimate of drug-likeness (QED) is 0.163. The SMILES string of the molecule is Cc1cc2c(cc1N1c3cc4c(cc3B3c5c(cc6ccccc6c51)-c1cccc5c1N3c1ccccc1[Si]5(c1ccccc1)c1ccccc1)Sc1ccccc1S4)C(C)(C)CCC2(C)C. The van der Waals surface area contributed by atoms with Crippen LogP contribution in [0, 0.1) is 6.92 Å². The summed E-state index contributed by atoms with van der Waals surface area (Å²) in [5.74, 6) is 0. The molecule has 0 saturated carbocycles. The lowest BCUT2D eigenvalue weighted by Gasteiger charge is -2.52. The highest BCUT2D eigenvalue weighted by molar-refractivity contribution is 8.05. The van der Waals surface area contributed by atoms with E-state index in [4.69, 9.17) is 0 Å². The molecule has 5 aliphatic rings. The predicted molar refractivity (Wildman–Crippen MR) is 290 cm³/mol. The van der Waals surface area contributed by atoms with E-state index in [0.717, 1.165) is 0 Å². The zero-order valence-corrected chi connectivity index (χ0v) is 41.2. The molecule has 0 unspecified atom stereocenters. The molecule has 0 aromatic heterocycles. The van der Waals surface area contributed by atoms with E-state index in [1.165, 1.54) is 131 Å². The third-order valence-electron chi connectivity index (χ3n) is 16.1. The minimum absolute atomic E-state index is 0.0550. The van der Waals surface area contributed by atoms with Crippen LogP contribution in [0.25, 0.3) is 21.9 Å². The summed E-state index contributed by atoms with van der Waals surface area (Å²) in [5.41, 5.74) is 16.4. The minimum atomic E-state index is -2.87. The van der Waals surface area contributed by atoms with Gasteiger partial charge in [-0.1, -0.05) is 191 Å². The molecule has 67 heavy (non-hydrogen) atoms. The van der Waals surface area contributed by atoms with E-state index in [1.807, 2.05) is 23.5 Å². The van der Waals surface area contributed by atoms with E-state index >= 15 is 0 Å². The van der Waals surface area contributed by atoms with Crippen molar-refractivity contribution in [3.8, 4) is 11.1 Å². The summed E-state index contributed by atoms with van der Waals surface area (Å²) >= 11 is 3.86. The summed E-state index contributed by atoms with van der Waals surface area (Å²) in [6, 6.07) is 70.8. The first-order valence-corrected chi connectivity index (χ1v) is 27.5. The molecule has 14 rings (SSSR count). The molecule has 0 N–H and O–H groups in total. The molecule has 0 bridgehead atoms. The fraction of sp³-hybridized carbons (Fsp3) is 0.148. The lowest BCUT2D eigenvalue weighted by Crippen LogP contribution is -2.79. The Labute approximate surface area is 404 Å². The second kappa shape index (κ2) is 14.2. The molecule has 0 saturated heterocycles. The minimum Gasteiger partial charge on any atom is -0.376 e. The van der Waals surface area contributed by atoms with Gasteiger partial charge in [-0.25, -0.2) is 0 Å². The van der Waals surface area contributed by atoms with Gasteiger partial charge in [0.2, 0.25) is 0 Å². The maximum absolute atomic E-state index is 2.87. The first kappa shape index (κ1) is 39.9. The van der Waals surface area contributed by atoms with E-state index in [0.29, 0.717) is 0 Å². The van der Waals surface area contributed by atoms with E-state index < -0.39 is 8.07 Å². The fourth-order valence-corrected chi connectivity index (χ4v) is 20.3. The number of hydrogen-bond acceptors (Lipinski definition) is 4. The highest BCUT2D eigenvalue weighted by Gasteiger charge is 2.55. The average Bonchev–Trinajstić information content (AvgIpc) is 3.35. The molecule has 0 amide bonds. The molecule has 1 aliphatic carbocycles. The molecule has 4 aliphatic heterocycles. The summed E-state index contributed by atoms with van der Waals surface area (Å²) in [4.78, 5) is 10.8. The highest BCUT2D eigenvalue weighted by Crippen LogP contribution is 2.56. The van der Waals surface area contributed by atoms with Crippen molar-refractivity contribution in [3.05, 3.63) is 199 Å². The second-order valence-electron chi connectivity index (χ2n) is 20.7. The van der Waals surface area contributed by atoms with Gasteiger partial charge in [-0.2, -0.15) is 0 Å². The predicted octanol–water partition coefficient (Wildman–Crippen LogP) is 12.5. The Balaban J connectivity index is 1.14. The Kier molecular flexibility index (Phi) is 8.45. The van der Waals surface area contributed by atoms with Gasteiger partial charge in [0.05, 0.1) is 5.69 Å². The van der Waals surface area contributed by atoms with Crippen LogP contribution >= 0.6 is 23.5 Å². The van der Waals surface area contributed by atoms with Crippen molar-refractivity contribution in [2.24, 2.45) is 0 Å². The van der Waals surface area contributed by atoms with E-state index in [2.05, 4.69) is 226 Å². The third-order valence-corrected chi connectivity index (χ3v) is 23.5. The Morgan fingerprint density at radius 2 is 1.09 bits per heavy atom. The standard InChI is InChI=1S/C61H49BN2S2Si/c1-38-33-45-46(61(4,5)32-31-60(45,2)3)35-49(38)63-50-37-54-53(65-51-27-15-16-28-52(51)66-54)36-47(50)62-57-44(34-39-19-12-13-24-42(39)59(57)63)43-25-18-30-56-58(43)64(62)48-26-14-17-29-55(48)67(56,40-20-8-6-9-21-40)41-22-10-7-11-23-41/h6-30,33-37H,31-32H2,1-5H3. The van der Waals surface area contributed by atoms with Crippen molar-refractivity contribution < 1.29 is 0 Å². The molecule has 9 aromatic rings. The van der Waals surface area contributed by atoms with Crippen LogP contribution in [0.3, 0.4) is 0 Å². The first-order valence-electron chi connectivity index (χ1n) is 23.9. The molecule has 6 heteroatoms. The number of para-hydroxylation sites is 2. The molecule has 0 atom stereocenters. The lowest BCUT2D eigenvalue weighted by atomic mass is 9.43. The molecule has 0 radical (unpaired) electrons. The smallest absolute Gasteiger partial charge is 0.333 e. The fourth-order valence-electron chi connectivity index (χ4n) is 12.8. The number of hydrogen-bond donors (Lipinski definition) is 0. The topological polar surface area (TPSA) is 6.48 Å². The molecule has 0 fully saturated rings. The van der Waals surface area contributed by atoms with Gasteiger partial charge in [-0.05, 0) is 132 Å². The zero-order chi connectivity index (χ0) is 45.0. The largest absolute Gasteiger partial charge is 0.376 e. The van der Waals surface area contributed by atoms with Crippen molar-refractivity contribution in [2.45, 2.75) is 77.9 Å². The highest BCUT2D eigenvalue weighted by atomic mass is 32.2. The van der Waals surface area contributed by atoms with Crippen molar-refractivity contribution in [3.63, 3.8) is 0 Å². The Morgan fingerprint density at radius 3 is 1.81 bits per heavy atom. The van der Waals surface area contributed by atoms with Crippen LogP contribution in [0.1, 0.15) is 57.2 Å². The molecule has 2 nitrogen and oxygen atoms in total. The number of benzene rings is 9. The third kappa shape index (κ3) is 5.44. The number of nitrogens with zero attached hydrogens (tertiary/aromatic N) is 2. The van der Waals surface area contributed by atoms with E-state index in [-0.39, 0.29) is 17.7 Å². The summed E-state index contributed by atoms with van der Waals surface area (Å²) in [6.45, 7) is 12.1. The van der Waals surface area contributed by atoms with Gasteiger partial charge < -0.3 is 9.71 Å². The second-order valence-corrected chi connectivity index (χ2v) is 26.6. The van der Waals surface area contributed by atoms with Crippen molar-refractivity contribution in [1.29, 1.82) is 0 Å². The average molecular weight is 913 g/mol. The van der Waals surface area contributed by atoms with E-state index in [1.54, 1.807) is 0 Å². The van der Waals surface area contributed by atoms with Gasteiger partial charge >= 0.3 is 6.85 Å². The normalized spacial score (nSPS) is 17.1. The summed E-state index contributed by atoms with van der Waals surface area (Å²) in [6.07, 6.45) is 2.36. The molecular weight excluding hydrogens is 864 g/mol. The maximum atomic E-state index is 2.81. The van der Waals surface area contributed by atoms with Crippen LogP contribution in [-0.2, 0) is 10.8 Å². The molecule has 4 heterocycles. The Bertz CT molecular complexity index is 3550. The summed E-state index contributed by atoms with van der Waals surface area (Å²) in [5, 5.41) is 8.29. The molecule has 0 spiro atoms. The summed E-state index contributed by atoms with van der Waals surface area (Å²) < 4.78 is 0. The molecule has 9 aromatic carbocycles. The van der Waals surface area contributed by atoms with Gasteiger partial charge in [0.1, 0.15) is 0 Å². The van der Waals surface area contributed by atoms with Crippen molar-refractivity contribution >= 4 is 109 Å². The van der Waals surface area contributed by atoms with Crippen molar-refractivity contribution in [1.82, 2.24) is 0 Å². The van der Waals surface area contributed by atoms with Crippen molar-refractivity contribution in [2.75, 3.05) is 9.71 Å². The van der Waals surface area contributed by atoms with Gasteiger partial charge in [0, 0.05) is 53.3 Å². The van der Waals surface area contributed by atoms with Crippen LogP contribution in [0.2, 0.25) is 0 Å². The number of rotatable bonds is 3. The van der Waals surface area contributed by atoms with Crippen LogP contribution < -0.4 is 41.4 Å². The van der Waals surface area contributed by atoms with Gasteiger partial charge in [-0.15, -0.1) is 0 Å².